The van der Waals surface area contributed by atoms with Crippen molar-refractivity contribution in [2.75, 3.05) is 24.3 Å². The van der Waals surface area contributed by atoms with Gasteiger partial charge in [0.15, 0.2) is 0 Å². The van der Waals surface area contributed by atoms with E-state index in [9.17, 15) is 0 Å². The van der Waals surface area contributed by atoms with Gasteiger partial charge in [-0.25, -0.2) is 0 Å². The molecule has 0 unspecified atom stereocenters. The van der Waals surface area contributed by atoms with Crippen molar-refractivity contribution in [3.8, 4) is 0 Å². The highest BCUT2D eigenvalue weighted by molar-refractivity contribution is 5.50. The molecule has 0 fully saturated rings. The molecule has 94 valence electrons. The molecule has 3 heteroatoms. The van der Waals surface area contributed by atoms with Crippen LogP contribution >= 0.6 is 0 Å². The second-order valence-corrected chi connectivity index (χ2v) is 4.61. The highest BCUT2D eigenvalue weighted by Gasteiger charge is 1.99. The maximum Gasteiger partial charge on any atom is 0.0559 e. The van der Waals surface area contributed by atoms with Crippen LogP contribution in [0.4, 0.5) is 11.4 Å². The van der Waals surface area contributed by atoms with Gasteiger partial charge in [-0.1, -0.05) is 12.1 Å². The molecule has 0 spiro atoms. The molecule has 2 aromatic rings. The number of hydrogen-bond acceptors (Lipinski definition) is 3. The topological polar surface area (TPSA) is 28.2 Å². The molecule has 0 radical (unpaired) electrons. The quantitative estimate of drug-likeness (QED) is 0.891. The van der Waals surface area contributed by atoms with Crippen molar-refractivity contribution < 1.29 is 0 Å². The van der Waals surface area contributed by atoms with E-state index in [1.807, 2.05) is 32.6 Å². The van der Waals surface area contributed by atoms with Gasteiger partial charge in [-0.2, -0.15) is 0 Å². The van der Waals surface area contributed by atoms with Gasteiger partial charge in [-0.05, 0) is 36.2 Å². The van der Waals surface area contributed by atoms with Crippen LogP contribution < -0.4 is 10.2 Å². The number of pyridine rings is 1. The number of aryl methyl sites for hydroxylation is 1. The summed E-state index contributed by atoms with van der Waals surface area (Å²) in [5.41, 5.74) is 4.80. The molecule has 0 saturated carbocycles. The number of anilines is 2. The molecule has 0 atom stereocenters. The summed E-state index contributed by atoms with van der Waals surface area (Å²) in [5.74, 6) is 0. The van der Waals surface area contributed by atoms with Crippen molar-refractivity contribution >= 4 is 11.4 Å². The summed E-state index contributed by atoms with van der Waals surface area (Å²) in [6.45, 7) is 2.90. The summed E-state index contributed by atoms with van der Waals surface area (Å²) in [7, 11) is 4.10. The molecule has 1 aromatic carbocycles. The normalized spacial score (nSPS) is 10.2. The maximum absolute atomic E-state index is 4.13. The van der Waals surface area contributed by atoms with Gasteiger partial charge in [-0.3, -0.25) is 4.98 Å². The fourth-order valence-electron chi connectivity index (χ4n) is 1.76. The zero-order valence-corrected chi connectivity index (χ0v) is 11.1. The predicted molar refractivity (Wildman–Crippen MR) is 77.1 cm³/mol. The highest BCUT2D eigenvalue weighted by Crippen LogP contribution is 2.15. The molecule has 0 saturated heterocycles. The molecule has 0 aliphatic heterocycles. The minimum atomic E-state index is 0.820. The molecule has 0 aliphatic rings. The predicted octanol–water partition coefficient (Wildman–Crippen LogP) is 3.07. The molecular formula is C15H19N3. The summed E-state index contributed by atoms with van der Waals surface area (Å²) in [5, 5.41) is 3.40. The smallest absolute Gasteiger partial charge is 0.0559 e. The molecule has 3 nitrogen and oxygen atoms in total. The lowest BCUT2D eigenvalue weighted by Gasteiger charge is -2.13. The van der Waals surface area contributed by atoms with Crippen molar-refractivity contribution in [2.45, 2.75) is 13.5 Å². The van der Waals surface area contributed by atoms with Gasteiger partial charge in [0.2, 0.25) is 0 Å². The molecule has 1 aromatic heterocycles. The lowest BCUT2D eigenvalue weighted by atomic mass is 10.2. The Morgan fingerprint density at radius 3 is 2.44 bits per heavy atom. The van der Waals surface area contributed by atoms with Gasteiger partial charge in [0, 0.05) is 32.5 Å². The fraction of sp³-hybridized carbons (Fsp3) is 0.267. The van der Waals surface area contributed by atoms with Crippen LogP contribution in [-0.2, 0) is 6.54 Å². The molecule has 18 heavy (non-hydrogen) atoms. The Morgan fingerprint density at radius 1 is 1.11 bits per heavy atom. The molecule has 0 amide bonds. The van der Waals surface area contributed by atoms with Crippen LogP contribution in [0, 0.1) is 6.92 Å². The second kappa shape index (κ2) is 5.54. The first-order valence-electron chi connectivity index (χ1n) is 6.07. The minimum absolute atomic E-state index is 0.820. The summed E-state index contributed by atoms with van der Waals surface area (Å²) in [6.07, 6.45) is 3.68. The fourth-order valence-corrected chi connectivity index (χ4v) is 1.76. The first-order chi connectivity index (χ1) is 8.66. The van der Waals surface area contributed by atoms with Gasteiger partial charge in [0.1, 0.15) is 0 Å². The van der Waals surface area contributed by atoms with E-state index in [0.29, 0.717) is 0 Å². The summed E-state index contributed by atoms with van der Waals surface area (Å²) < 4.78 is 0. The van der Waals surface area contributed by atoms with Crippen LogP contribution in [0.25, 0.3) is 0 Å². The standard InChI is InChI=1S/C15H19N3/c1-12-8-9-16-11-15(12)17-10-13-4-6-14(7-5-13)18(2)3/h4-9,11,17H,10H2,1-3H3. The number of benzene rings is 1. The minimum Gasteiger partial charge on any atom is -0.380 e. The third-order valence-corrected chi connectivity index (χ3v) is 2.97. The maximum atomic E-state index is 4.13. The molecule has 0 aliphatic carbocycles. The summed E-state index contributed by atoms with van der Waals surface area (Å²) in [6, 6.07) is 10.6. The van der Waals surface area contributed by atoms with E-state index >= 15 is 0 Å². The Hall–Kier alpha value is -2.03. The van der Waals surface area contributed by atoms with Crippen LogP contribution in [0.5, 0.6) is 0 Å². The SMILES string of the molecule is Cc1ccncc1NCc1ccc(N(C)C)cc1. The van der Waals surface area contributed by atoms with E-state index in [0.717, 1.165) is 12.2 Å². The Kier molecular flexibility index (Phi) is 3.82. The average molecular weight is 241 g/mol. The third-order valence-electron chi connectivity index (χ3n) is 2.97. The Morgan fingerprint density at radius 2 is 1.83 bits per heavy atom. The third kappa shape index (κ3) is 3.00. The van der Waals surface area contributed by atoms with Crippen LogP contribution in [0.2, 0.25) is 0 Å². The second-order valence-electron chi connectivity index (χ2n) is 4.61. The number of rotatable bonds is 4. The van der Waals surface area contributed by atoms with Crippen LogP contribution in [-0.4, -0.2) is 19.1 Å². The number of nitrogens with zero attached hydrogens (tertiary/aromatic N) is 2. The number of aromatic nitrogens is 1. The van der Waals surface area contributed by atoms with Crippen molar-refractivity contribution in [3.63, 3.8) is 0 Å². The van der Waals surface area contributed by atoms with Gasteiger partial charge in [-0.15, -0.1) is 0 Å². The summed E-state index contributed by atoms with van der Waals surface area (Å²) >= 11 is 0. The van der Waals surface area contributed by atoms with Crippen molar-refractivity contribution in [3.05, 3.63) is 53.9 Å². The number of hydrogen-bond donors (Lipinski definition) is 1. The summed E-state index contributed by atoms with van der Waals surface area (Å²) in [4.78, 5) is 6.23. The Labute approximate surface area is 108 Å². The van der Waals surface area contributed by atoms with E-state index in [1.54, 1.807) is 0 Å². The van der Waals surface area contributed by atoms with E-state index in [1.165, 1.54) is 16.8 Å². The van der Waals surface area contributed by atoms with Gasteiger partial charge < -0.3 is 10.2 Å². The molecule has 2 rings (SSSR count). The van der Waals surface area contributed by atoms with Crippen LogP contribution in [0.1, 0.15) is 11.1 Å². The van der Waals surface area contributed by atoms with Crippen molar-refractivity contribution in [2.24, 2.45) is 0 Å². The monoisotopic (exact) mass is 241 g/mol. The average Bonchev–Trinajstić information content (AvgIpc) is 2.38. The van der Waals surface area contributed by atoms with Crippen molar-refractivity contribution in [1.82, 2.24) is 4.98 Å². The molecule has 1 heterocycles. The zero-order valence-electron chi connectivity index (χ0n) is 11.1. The Bertz CT molecular complexity index is 503. The van der Waals surface area contributed by atoms with E-state index < -0.39 is 0 Å². The highest BCUT2D eigenvalue weighted by atomic mass is 15.1. The number of nitrogens with one attached hydrogen (secondary N) is 1. The first kappa shape index (κ1) is 12.4. The lowest BCUT2D eigenvalue weighted by Crippen LogP contribution is -2.08. The first-order valence-corrected chi connectivity index (χ1v) is 6.07. The van der Waals surface area contributed by atoms with E-state index in [-0.39, 0.29) is 0 Å². The van der Waals surface area contributed by atoms with Crippen LogP contribution in [0.3, 0.4) is 0 Å². The lowest BCUT2D eigenvalue weighted by molar-refractivity contribution is 1.10. The van der Waals surface area contributed by atoms with Gasteiger partial charge in [0.05, 0.1) is 11.9 Å². The largest absolute Gasteiger partial charge is 0.380 e. The molecular weight excluding hydrogens is 222 g/mol. The van der Waals surface area contributed by atoms with Crippen molar-refractivity contribution in [1.29, 1.82) is 0 Å². The van der Waals surface area contributed by atoms with Gasteiger partial charge >= 0.3 is 0 Å². The Balaban J connectivity index is 2.00. The molecule has 0 bridgehead atoms. The van der Waals surface area contributed by atoms with E-state index in [2.05, 4.69) is 46.4 Å². The van der Waals surface area contributed by atoms with Gasteiger partial charge in [0.25, 0.3) is 0 Å². The van der Waals surface area contributed by atoms with Crippen LogP contribution in [0.15, 0.2) is 42.7 Å². The van der Waals surface area contributed by atoms with E-state index in [4.69, 9.17) is 0 Å². The zero-order chi connectivity index (χ0) is 13.0. The molecule has 1 N–H and O–H groups in total.